The van der Waals surface area contributed by atoms with E-state index in [0.29, 0.717) is 49.2 Å². The zero-order valence-electron chi connectivity index (χ0n) is 16.2. The molecule has 3 heterocycles. The predicted molar refractivity (Wildman–Crippen MR) is 96.9 cm³/mol. The van der Waals surface area contributed by atoms with Gasteiger partial charge in [0.05, 0.1) is 6.61 Å². The average Bonchev–Trinajstić information content (AvgIpc) is 3.30. The summed E-state index contributed by atoms with van der Waals surface area (Å²) in [5, 5.41) is 3.92. The third kappa shape index (κ3) is 4.27. The standard InChI is InChI=1S/C19H25N3O5/c1-11(2)17-20-15(21-27-17)5-7-22(4)18(23)16-12(3)9-14(26-19(16)24)13-6-8-25-10-13/h9,11,13H,5-8,10H2,1-4H3. The molecular formula is C19H25N3O5. The molecule has 1 atom stereocenters. The van der Waals surface area contributed by atoms with Crippen LogP contribution in [0.5, 0.6) is 0 Å². The summed E-state index contributed by atoms with van der Waals surface area (Å²) in [5.41, 5.74) is 0.0817. The maximum absolute atomic E-state index is 12.7. The largest absolute Gasteiger partial charge is 0.427 e. The lowest BCUT2D eigenvalue weighted by Crippen LogP contribution is -2.33. The van der Waals surface area contributed by atoms with Crippen molar-refractivity contribution in [2.75, 3.05) is 26.8 Å². The first-order valence-electron chi connectivity index (χ1n) is 9.17. The van der Waals surface area contributed by atoms with Gasteiger partial charge in [-0.2, -0.15) is 4.98 Å². The number of aromatic nitrogens is 2. The molecule has 1 unspecified atom stereocenters. The van der Waals surface area contributed by atoms with Gasteiger partial charge >= 0.3 is 5.63 Å². The summed E-state index contributed by atoms with van der Waals surface area (Å²) in [5.74, 6) is 1.55. The first kappa shape index (κ1) is 19.3. The minimum Gasteiger partial charge on any atom is -0.427 e. The highest BCUT2D eigenvalue weighted by Gasteiger charge is 2.25. The van der Waals surface area contributed by atoms with Crippen LogP contribution in [0.25, 0.3) is 0 Å². The van der Waals surface area contributed by atoms with Crippen LogP contribution in [0.3, 0.4) is 0 Å². The van der Waals surface area contributed by atoms with E-state index in [0.717, 1.165) is 6.42 Å². The van der Waals surface area contributed by atoms with Crippen LogP contribution >= 0.6 is 0 Å². The van der Waals surface area contributed by atoms with Gasteiger partial charge in [-0.1, -0.05) is 19.0 Å². The van der Waals surface area contributed by atoms with Gasteiger partial charge in [-0.05, 0) is 25.0 Å². The predicted octanol–water partition coefficient (Wildman–Crippen LogP) is 2.27. The normalized spacial score (nSPS) is 16.9. The number of hydrogen-bond donors (Lipinski definition) is 0. The molecule has 1 amide bonds. The summed E-state index contributed by atoms with van der Waals surface area (Å²) in [4.78, 5) is 30.9. The molecule has 2 aromatic heterocycles. The summed E-state index contributed by atoms with van der Waals surface area (Å²) in [6, 6.07) is 1.77. The van der Waals surface area contributed by atoms with Gasteiger partial charge in [0.2, 0.25) is 5.89 Å². The topological polar surface area (TPSA) is 98.7 Å². The molecule has 1 aliphatic heterocycles. The van der Waals surface area contributed by atoms with Crippen molar-refractivity contribution in [3.05, 3.63) is 45.1 Å². The molecule has 8 heteroatoms. The van der Waals surface area contributed by atoms with Gasteiger partial charge in [-0.15, -0.1) is 0 Å². The molecule has 0 N–H and O–H groups in total. The second kappa shape index (κ2) is 8.04. The third-order valence-corrected chi connectivity index (χ3v) is 4.71. The minimum absolute atomic E-state index is 0.0659. The molecule has 146 valence electrons. The van der Waals surface area contributed by atoms with E-state index in [-0.39, 0.29) is 23.3 Å². The number of likely N-dealkylation sites (N-methyl/N-ethyl adjacent to an activating group) is 1. The van der Waals surface area contributed by atoms with Crippen molar-refractivity contribution < 1.29 is 18.5 Å². The lowest BCUT2D eigenvalue weighted by molar-refractivity contribution is 0.0789. The quantitative estimate of drug-likeness (QED) is 0.764. The van der Waals surface area contributed by atoms with E-state index in [4.69, 9.17) is 13.7 Å². The maximum Gasteiger partial charge on any atom is 0.349 e. The Bertz CT molecular complexity index is 864. The Morgan fingerprint density at radius 2 is 2.19 bits per heavy atom. The number of carbonyl (C=O) groups excluding carboxylic acids is 1. The zero-order valence-corrected chi connectivity index (χ0v) is 16.2. The molecule has 0 bridgehead atoms. The van der Waals surface area contributed by atoms with E-state index in [1.807, 2.05) is 13.8 Å². The van der Waals surface area contributed by atoms with Gasteiger partial charge in [0.1, 0.15) is 11.3 Å². The average molecular weight is 375 g/mol. The Morgan fingerprint density at radius 1 is 1.41 bits per heavy atom. The Hall–Kier alpha value is -2.48. The van der Waals surface area contributed by atoms with Gasteiger partial charge in [-0.25, -0.2) is 4.79 Å². The second-order valence-electron chi connectivity index (χ2n) is 7.24. The molecular weight excluding hydrogens is 350 g/mol. The number of amides is 1. The van der Waals surface area contributed by atoms with Crippen molar-refractivity contribution in [3.63, 3.8) is 0 Å². The summed E-state index contributed by atoms with van der Waals surface area (Å²) >= 11 is 0. The van der Waals surface area contributed by atoms with E-state index < -0.39 is 5.63 Å². The fraction of sp³-hybridized carbons (Fsp3) is 0.579. The van der Waals surface area contributed by atoms with Crippen LogP contribution in [0.4, 0.5) is 0 Å². The number of aryl methyl sites for hydroxylation is 1. The first-order valence-corrected chi connectivity index (χ1v) is 9.17. The van der Waals surface area contributed by atoms with Gasteiger partial charge in [0.15, 0.2) is 5.82 Å². The molecule has 0 saturated carbocycles. The van der Waals surface area contributed by atoms with Crippen molar-refractivity contribution in [1.29, 1.82) is 0 Å². The van der Waals surface area contributed by atoms with E-state index in [1.165, 1.54) is 4.90 Å². The molecule has 0 radical (unpaired) electrons. The monoisotopic (exact) mass is 375 g/mol. The molecule has 1 fully saturated rings. The summed E-state index contributed by atoms with van der Waals surface area (Å²) < 4.78 is 15.9. The van der Waals surface area contributed by atoms with Gasteiger partial charge < -0.3 is 18.6 Å². The van der Waals surface area contributed by atoms with Crippen LogP contribution in [0, 0.1) is 6.92 Å². The highest BCUT2D eigenvalue weighted by molar-refractivity contribution is 5.94. The fourth-order valence-corrected chi connectivity index (χ4v) is 3.01. The van der Waals surface area contributed by atoms with Crippen molar-refractivity contribution in [3.8, 4) is 0 Å². The summed E-state index contributed by atoms with van der Waals surface area (Å²) in [6.45, 7) is 7.26. The first-order chi connectivity index (χ1) is 12.9. The van der Waals surface area contributed by atoms with E-state index in [1.54, 1.807) is 20.0 Å². The molecule has 2 aromatic rings. The van der Waals surface area contributed by atoms with Gasteiger partial charge in [0, 0.05) is 38.5 Å². The summed E-state index contributed by atoms with van der Waals surface area (Å²) in [7, 11) is 1.64. The molecule has 3 rings (SSSR count). The summed E-state index contributed by atoms with van der Waals surface area (Å²) in [6.07, 6.45) is 1.26. The number of hydrogen-bond acceptors (Lipinski definition) is 7. The third-order valence-electron chi connectivity index (χ3n) is 4.71. The van der Waals surface area contributed by atoms with Crippen LogP contribution in [0.2, 0.25) is 0 Å². The molecule has 27 heavy (non-hydrogen) atoms. The van der Waals surface area contributed by atoms with Crippen LogP contribution in [-0.2, 0) is 11.2 Å². The van der Waals surface area contributed by atoms with Crippen LogP contribution in [0.1, 0.15) is 65.5 Å². The number of nitrogens with zero attached hydrogens (tertiary/aromatic N) is 3. The van der Waals surface area contributed by atoms with Crippen LogP contribution in [0.15, 0.2) is 19.8 Å². The Morgan fingerprint density at radius 3 is 2.78 bits per heavy atom. The van der Waals surface area contributed by atoms with E-state index in [2.05, 4.69) is 10.1 Å². The highest BCUT2D eigenvalue weighted by atomic mass is 16.5. The molecule has 1 saturated heterocycles. The number of rotatable bonds is 6. The smallest absolute Gasteiger partial charge is 0.349 e. The van der Waals surface area contributed by atoms with Crippen molar-refractivity contribution in [2.24, 2.45) is 0 Å². The Balaban J connectivity index is 1.69. The lowest BCUT2D eigenvalue weighted by atomic mass is 10.0. The van der Waals surface area contributed by atoms with Gasteiger partial charge in [-0.3, -0.25) is 4.79 Å². The Kier molecular flexibility index (Phi) is 5.74. The number of ether oxygens (including phenoxy) is 1. The number of carbonyl (C=O) groups is 1. The molecule has 0 aromatic carbocycles. The molecule has 0 aliphatic carbocycles. The van der Waals surface area contributed by atoms with Crippen molar-refractivity contribution in [2.45, 2.75) is 45.4 Å². The Labute approximate surface area is 157 Å². The molecule has 8 nitrogen and oxygen atoms in total. The van der Waals surface area contributed by atoms with E-state index >= 15 is 0 Å². The van der Waals surface area contributed by atoms with Crippen LogP contribution in [-0.4, -0.2) is 47.8 Å². The zero-order chi connectivity index (χ0) is 19.6. The highest BCUT2D eigenvalue weighted by Crippen LogP contribution is 2.25. The fourth-order valence-electron chi connectivity index (χ4n) is 3.01. The SMILES string of the molecule is Cc1cc(C2CCOC2)oc(=O)c1C(=O)N(C)CCc1noc(C(C)C)n1. The van der Waals surface area contributed by atoms with E-state index in [9.17, 15) is 9.59 Å². The van der Waals surface area contributed by atoms with Crippen LogP contribution < -0.4 is 5.63 Å². The van der Waals surface area contributed by atoms with Gasteiger partial charge in [0.25, 0.3) is 5.91 Å². The van der Waals surface area contributed by atoms with Crippen molar-refractivity contribution >= 4 is 5.91 Å². The molecule has 1 aliphatic rings. The minimum atomic E-state index is -0.601. The molecule has 0 spiro atoms. The van der Waals surface area contributed by atoms with Crippen molar-refractivity contribution in [1.82, 2.24) is 15.0 Å². The second-order valence-corrected chi connectivity index (χ2v) is 7.24. The maximum atomic E-state index is 12.7. The lowest BCUT2D eigenvalue weighted by Gasteiger charge is -2.17.